The molecule has 0 aromatic rings. The fourth-order valence-electron chi connectivity index (χ4n) is 1.75. The standard InChI is InChI=1S/C11H23NOS/c1-2-3-4-5-6-10(12)11-9-14-8-7-13-11/h10-11H,2-9,12H2,1H3. The molecule has 2 nitrogen and oxygen atoms in total. The molecule has 14 heavy (non-hydrogen) atoms. The summed E-state index contributed by atoms with van der Waals surface area (Å²) in [5, 5.41) is 0. The van der Waals surface area contributed by atoms with Crippen LogP contribution in [0.2, 0.25) is 0 Å². The second-order valence-electron chi connectivity index (χ2n) is 4.00. The number of rotatable bonds is 6. The van der Waals surface area contributed by atoms with Gasteiger partial charge in [0.05, 0.1) is 12.7 Å². The van der Waals surface area contributed by atoms with Crippen molar-refractivity contribution in [1.29, 1.82) is 0 Å². The van der Waals surface area contributed by atoms with Gasteiger partial charge < -0.3 is 10.5 Å². The summed E-state index contributed by atoms with van der Waals surface area (Å²) in [6, 6.07) is 0.264. The highest BCUT2D eigenvalue weighted by atomic mass is 32.2. The SMILES string of the molecule is CCCCCCC(N)C1CSCCO1. The smallest absolute Gasteiger partial charge is 0.0816 e. The largest absolute Gasteiger partial charge is 0.375 e. The predicted molar refractivity (Wildman–Crippen MR) is 63.8 cm³/mol. The maximum atomic E-state index is 6.09. The molecule has 1 aliphatic heterocycles. The minimum Gasteiger partial charge on any atom is -0.375 e. The lowest BCUT2D eigenvalue weighted by molar-refractivity contribution is 0.0545. The molecule has 1 fully saturated rings. The van der Waals surface area contributed by atoms with Crippen molar-refractivity contribution in [2.45, 2.75) is 51.2 Å². The van der Waals surface area contributed by atoms with E-state index in [1.807, 2.05) is 11.8 Å². The van der Waals surface area contributed by atoms with Gasteiger partial charge in [0.25, 0.3) is 0 Å². The van der Waals surface area contributed by atoms with E-state index in [1.165, 1.54) is 25.7 Å². The molecular formula is C11H23NOS. The monoisotopic (exact) mass is 217 g/mol. The van der Waals surface area contributed by atoms with Crippen molar-refractivity contribution >= 4 is 11.8 Å². The van der Waals surface area contributed by atoms with Crippen molar-refractivity contribution in [3.05, 3.63) is 0 Å². The molecule has 84 valence electrons. The fraction of sp³-hybridized carbons (Fsp3) is 1.00. The van der Waals surface area contributed by atoms with Crippen LogP contribution in [0.5, 0.6) is 0 Å². The minimum absolute atomic E-state index is 0.264. The zero-order valence-electron chi connectivity index (χ0n) is 9.21. The minimum atomic E-state index is 0.264. The van der Waals surface area contributed by atoms with E-state index in [2.05, 4.69) is 6.92 Å². The molecule has 2 N–H and O–H groups in total. The summed E-state index contributed by atoms with van der Waals surface area (Å²) >= 11 is 1.97. The second kappa shape index (κ2) is 7.55. The van der Waals surface area contributed by atoms with Gasteiger partial charge >= 0.3 is 0 Å². The first kappa shape index (κ1) is 12.3. The molecule has 0 aromatic heterocycles. The highest BCUT2D eigenvalue weighted by Crippen LogP contribution is 2.17. The lowest BCUT2D eigenvalue weighted by Gasteiger charge is -2.27. The number of thioether (sulfide) groups is 1. The Bertz CT molecular complexity index is 137. The molecule has 1 saturated heterocycles. The van der Waals surface area contributed by atoms with E-state index in [9.17, 15) is 0 Å². The van der Waals surface area contributed by atoms with E-state index < -0.39 is 0 Å². The second-order valence-corrected chi connectivity index (χ2v) is 5.15. The van der Waals surface area contributed by atoms with Crippen LogP contribution < -0.4 is 5.73 Å². The van der Waals surface area contributed by atoms with Gasteiger partial charge in [-0.3, -0.25) is 0 Å². The van der Waals surface area contributed by atoms with E-state index in [4.69, 9.17) is 10.5 Å². The Balaban J connectivity index is 2.04. The van der Waals surface area contributed by atoms with Gasteiger partial charge in [0.1, 0.15) is 0 Å². The van der Waals surface area contributed by atoms with Crippen molar-refractivity contribution in [2.75, 3.05) is 18.1 Å². The molecule has 1 aliphatic rings. The van der Waals surface area contributed by atoms with E-state index in [0.29, 0.717) is 6.10 Å². The van der Waals surface area contributed by atoms with Crippen LogP contribution in [0.1, 0.15) is 39.0 Å². The fourth-order valence-corrected chi connectivity index (χ4v) is 2.70. The van der Waals surface area contributed by atoms with Crippen molar-refractivity contribution in [3.8, 4) is 0 Å². The first-order valence-corrected chi connectivity index (χ1v) is 6.95. The van der Waals surface area contributed by atoms with Gasteiger partial charge in [0.15, 0.2) is 0 Å². The number of hydrogen-bond donors (Lipinski definition) is 1. The first-order valence-electron chi connectivity index (χ1n) is 5.79. The zero-order chi connectivity index (χ0) is 10.2. The van der Waals surface area contributed by atoms with E-state index >= 15 is 0 Å². The Morgan fingerprint density at radius 2 is 2.29 bits per heavy atom. The van der Waals surface area contributed by atoms with Gasteiger partial charge in [0, 0.05) is 17.5 Å². The Morgan fingerprint density at radius 1 is 1.43 bits per heavy atom. The molecule has 2 unspecified atom stereocenters. The normalized spacial score (nSPS) is 24.9. The van der Waals surface area contributed by atoms with Crippen molar-refractivity contribution in [1.82, 2.24) is 0 Å². The molecule has 3 heteroatoms. The third-order valence-electron chi connectivity index (χ3n) is 2.71. The summed E-state index contributed by atoms with van der Waals surface area (Å²) in [4.78, 5) is 0. The summed E-state index contributed by atoms with van der Waals surface area (Å²) in [5.41, 5.74) is 6.09. The van der Waals surface area contributed by atoms with Crippen molar-refractivity contribution in [3.63, 3.8) is 0 Å². The van der Waals surface area contributed by atoms with E-state index in [0.717, 1.165) is 24.5 Å². The number of hydrogen-bond acceptors (Lipinski definition) is 3. The van der Waals surface area contributed by atoms with Gasteiger partial charge in [-0.15, -0.1) is 0 Å². The predicted octanol–water partition coefficient (Wildman–Crippen LogP) is 2.42. The van der Waals surface area contributed by atoms with Gasteiger partial charge in [-0.1, -0.05) is 32.6 Å². The summed E-state index contributed by atoms with van der Waals surface area (Å²) < 4.78 is 5.65. The Labute approximate surface area is 92.0 Å². The lowest BCUT2D eigenvalue weighted by atomic mass is 10.0. The molecule has 1 heterocycles. The van der Waals surface area contributed by atoms with Crippen LogP contribution in [0, 0.1) is 0 Å². The van der Waals surface area contributed by atoms with Gasteiger partial charge in [-0.05, 0) is 6.42 Å². The summed E-state index contributed by atoms with van der Waals surface area (Å²) in [7, 11) is 0. The van der Waals surface area contributed by atoms with E-state index in [-0.39, 0.29) is 6.04 Å². The highest BCUT2D eigenvalue weighted by Gasteiger charge is 2.20. The topological polar surface area (TPSA) is 35.2 Å². The maximum Gasteiger partial charge on any atom is 0.0816 e. The summed E-state index contributed by atoms with van der Waals surface area (Å²) in [6.07, 6.45) is 6.67. The maximum absolute atomic E-state index is 6.09. The molecule has 0 aliphatic carbocycles. The van der Waals surface area contributed by atoms with Gasteiger partial charge in [0.2, 0.25) is 0 Å². The number of ether oxygens (including phenoxy) is 1. The molecule has 0 bridgehead atoms. The molecule has 0 aromatic carbocycles. The Kier molecular flexibility index (Phi) is 6.65. The number of unbranched alkanes of at least 4 members (excludes halogenated alkanes) is 3. The quantitative estimate of drug-likeness (QED) is 0.694. The van der Waals surface area contributed by atoms with Crippen LogP contribution in [0.25, 0.3) is 0 Å². The van der Waals surface area contributed by atoms with Crippen LogP contribution >= 0.6 is 11.8 Å². The van der Waals surface area contributed by atoms with Crippen molar-refractivity contribution < 1.29 is 4.74 Å². The molecule has 2 atom stereocenters. The summed E-state index contributed by atoms with van der Waals surface area (Å²) in [5.74, 6) is 2.23. The van der Waals surface area contributed by atoms with Crippen LogP contribution in [-0.2, 0) is 4.74 Å². The number of nitrogens with two attached hydrogens (primary N) is 1. The molecule has 0 saturated carbocycles. The van der Waals surface area contributed by atoms with Gasteiger partial charge in [-0.2, -0.15) is 11.8 Å². The highest BCUT2D eigenvalue weighted by molar-refractivity contribution is 7.99. The third kappa shape index (κ3) is 4.67. The van der Waals surface area contributed by atoms with Crippen LogP contribution in [0.15, 0.2) is 0 Å². The first-order chi connectivity index (χ1) is 6.84. The molecule has 0 amide bonds. The van der Waals surface area contributed by atoms with Crippen LogP contribution in [0.3, 0.4) is 0 Å². The Morgan fingerprint density at radius 3 is 2.93 bits per heavy atom. The molecule has 1 rings (SSSR count). The average Bonchev–Trinajstić information content (AvgIpc) is 2.25. The summed E-state index contributed by atoms with van der Waals surface area (Å²) in [6.45, 7) is 3.12. The van der Waals surface area contributed by atoms with Crippen molar-refractivity contribution in [2.24, 2.45) is 5.73 Å². The van der Waals surface area contributed by atoms with Crippen LogP contribution in [0.4, 0.5) is 0 Å². The van der Waals surface area contributed by atoms with Gasteiger partial charge in [-0.25, -0.2) is 0 Å². The van der Waals surface area contributed by atoms with E-state index in [1.54, 1.807) is 0 Å². The lowest BCUT2D eigenvalue weighted by Crippen LogP contribution is -2.41. The molecular weight excluding hydrogens is 194 g/mol. The average molecular weight is 217 g/mol. The third-order valence-corrected chi connectivity index (χ3v) is 3.73. The Hall–Kier alpha value is 0.270. The molecule has 0 spiro atoms. The zero-order valence-corrected chi connectivity index (χ0v) is 10.0. The molecule has 0 radical (unpaired) electrons. The van der Waals surface area contributed by atoms with Crippen LogP contribution in [-0.4, -0.2) is 30.3 Å².